The standard InChI is InChI=1S/C13H22N2O/c1-10(2)15(8-11-3-4-11)9-12-5-6-16-13(12)7-14/h5-6,10-11H,3-4,7-9,14H2,1-2H3. The molecule has 1 saturated carbocycles. The fourth-order valence-corrected chi connectivity index (χ4v) is 2.00. The maximum absolute atomic E-state index is 5.65. The summed E-state index contributed by atoms with van der Waals surface area (Å²) in [4.78, 5) is 2.52. The summed E-state index contributed by atoms with van der Waals surface area (Å²) < 4.78 is 5.36. The Kier molecular flexibility index (Phi) is 3.66. The molecule has 1 aromatic heterocycles. The third kappa shape index (κ3) is 2.86. The van der Waals surface area contributed by atoms with Crippen LogP contribution in [-0.4, -0.2) is 17.5 Å². The van der Waals surface area contributed by atoms with E-state index in [9.17, 15) is 0 Å². The average Bonchev–Trinajstić information content (AvgIpc) is 2.95. The SMILES string of the molecule is CC(C)N(Cc1ccoc1CN)CC1CC1. The molecule has 0 amide bonds. The highest BCUT2D eigenvalue weighted by atomic mass is 16.3. The first-order chi connectivity index (χ1) is 7.70. The lowest BCUT2D eigenvalue weighted by Gasteiger charge is -2.26. The molecule has 0 saturated heterocycles. The van der Waals surface area contributed by atoms with Gasteiger partial charge in [-0.25, -0.2) is 0 Å². The Bertz CT molecular complexity index is 328. The van der Waals surface area contributed by atoms with E-state index in [-0.39, 0.29) is 0 Å². The summed E-state index contributed by atoms with van der Waals surface area (Å²) in [5, 5.41) is 0. The fraction of sp³-hybridized carbons (Fsp3) is 0.692. The summed E-state index contributed by atoms with van der Waals surface area (Å²) in [6.07, 6.45) is 4.55. The molecule has 3 heteroatoms. The lowest BCUT2D eigenvalue weighted by atomic mass is 10.2. The van der Waals surface area contributed by atoms with Crippen LogP contribution in [0.5, 0.6) is 0 Å². The van der Waals surface area contributed by atoms with Crippen molar-refractivity contribution in [2.45, 2.75) is 45.8 Å². The first-order valence-electron chi connectivity index (χ1n) is 6.20. The number of hydrogen-bond donors (Lipinski definition) is 1. The molecule has 16 heavy (non-hydrogen) atoms. The van der Waals surface area contributed by atoms with Crippen molar-refractivity contribution in [2.24, 2.45) is 11.7 Å². The molecule has 1 heterocycles. The van der Waals surface area contributed by atoms with Crippen LogP contribution in [-0.2, 0) is 13.1 Å². The van der Waals surface area contributed by atoms with Gasteiger partial charge >= 0.3 is 0 Å². The number of nitrogens with two attached hydrogens (primary N) is 1. The van der Waals surface area contributed by atoms with Crippen LogP contribution in [0.15, 0.2) is 16.7 Å². The van der Waals surface area contributed by atoms with Gasteiger partial charge in [0.15, 0.2) is 0 Å². The van der Waals surface area contributed by atoms with Crippen molar-refractivity contribution in [1.29, 1.82) is 0 Å². The van der Waals surface area contributed by atoms with E-state index in [4.69, 9.17) is 10.2 Å². The predicted octanol–water partition coefficient (Wildman–Crippen LogP) is 2.36. The van der Waals surface area contributed by atoms with E-state index in [2.05, 4.69) is 18.7 Å². The Morgan fingerprint density at radius 2 is 2.25 bits per heavy atom. The van der Waals surface area contributed by atoms with Crippen molar-refractivity contribution in [2.75, 3.05) is 6.54 Å². The molecule has 0 aromatic carbocycles. The van der Waals surface area contributed by atoms with Crippen LogP contribution in [0.3, 0.4) is 0 Å². The summed E-state index contributed by atoms with van der Waals surface area (Å²) >= 11 is 0. The minimum absolute atomic E-state index is 0.498. The van der Waals surface area contributed by atoms with Crippen molar-refractivity contribution < 1.29 is 4.42 Å². The molecule has 0 atom stereocenters. The Morgan fingerprint density at radius 1 is 1.50 bits per heavy atom. The van der Waals surface area contributed by atoms with Crippen LogP contribution in [0.2, 0.25) is 0 Å². The van der Waals surface area contributed by atoms with Gasteiger partial charge in [0.1, 0.15) is 5.76 Å². The molecule has 0 unspecified atom stereocenters. The molecule has 1 fully saturated rings. The molecule has 1 aliphatic rings. The van der Waals surface area contributed by atoms with Crippen LogP contribution in [0.25, 0.3) is 0 Å². The van der Waals surface area contributed by atoms with E-state index >= 15 is 0 Å². The highest BCUT2D eigenvalue weighted by molar-refractivity contribution is 5.16. The molecule has 0 aliphatic heterocycles. The summed E-state index contributed by atoms with van der Waals surface area (Å²) in [6.45, 7) is 7.19. The molecule has 2 N–H and O–H groups in total. The zero-order chi connectivity index (χ0) is 11.5. The van der Waals surface area contributed by atoms with Crippen LogP contribution < -0.4 is 5.73 Å². The summed E-state index contributed by atoms with van der Waals surface area (Å²) in [5.41, 5.74) is 6.90. The first-order valence-corrected chi connectivity index (χ1v) is 6.20. The summed E-state index contributed by atoms with van der Waals surface area (Å²) in [6, 6.07) is 2.63. The predicted molar refractivity (Wildman–Crippen MR) is 64.9 cm³/mol. The minimum Gasteiger partial charge on any atom is -0.468 e. The van der Waals surface area contributed by atoms with Crippen LogP contribution in [0.1, 0.15) is 38.0 Å². The summed E-state index contributed by atoms with van der Waals surface area (Å²) in [7, 11) is 0. The van der Waals surface area contributed by atoms with Crippen molar-refractivity contribution in [3.05, 3.63) is 23.7 Å². The third-order valence-corrected chi connectivity index (χ3v) is 3.32. The van der Waals surface area contributed by atoms with Crippen LogP contribution >= 0.6 is 0 Å². The quantitative estimate of drug-likeness (QED) is 0.803. The highest BCUT2D eigenvalue weighted by Gasteiger charge is 2.26. The van der Waals surface area contributed by atoms with Gasteiger partial charge in [0, 0.05) is 24.7 Å². The molecule has 1 aromatic rings. The van der Waals surface area contributed by atoms with Crippen LogP contribution in [0, 0.1) is 5.92 Å². The van der Waals surface area contributed by atoms with Gasteiger partial charge in [-0.2, -0.15) is 0 Å². The van der Waals surface area contributed by atoms with Gasteiger partial charge in [0.25, 0.3) is 0 Å². The van der Waals surface area contributed by atoms with Crippen molar-refractivity contribution >= 4 is 0 Å². The van der Waals surface area contributed by atoms with E-state index in [1.165, 1.54) is 24.9 Å². The van der Waals surface area contributed by atoms with E-state index in [0.29, 0.717) is 12.6 Å². The van der Waals surface area contributed by atoms with Gasteiger partial charge in [0.05, 0.1) is 12.8 Å². The van der Waals surface area contributed by atoms with E-state index in [1.807, 2.05) is 6.07 Å². The third-order valence-electron chi connectivity index (χ3n) is 3.32. The van der Waals surface area contributed by atoms with Gasteiger partial charge in [0.2, 0.25) is 0 Å². The number of rotatable bonds is 6. The Labute approximate surface area is 97.6 Å². The largest absolute Gasteiger partial charge is 0.468 e. The van der Waals surface area contributed by atoms with Gasteiger partial charge in [-0.15, -0.1) is 0 Å². The highest BCUT2D eigenvalue weighted by Crippen LogP contribution is 2.31. The van der Waals surface area contributed by atoms with Crippen molar-refractivity contribution in [1.82, 2.24) is 4.90 Å². The van der Waals surface area contributed by atoms with E-state index in [0.717, 1.165) is 18.2 Å². The van der Waals surface area contributed by atoms with Gasteiger partial charge < -0.3 is 10.2 Å². The van der Waals surface area contributed by atoms with E-state index in [1.54, 1.807) is 6.26 Å². The second-order valence-corrected chi connectivity index (χ2v) is 5.04. The Balaban J connectivity index is 1.98. The number of hydrogen-bond acceptors (Lipinski definition) is 3. The minimum atomic E-state index is 0.498. The molecule has 1 aliphatic carbocycles. The van der Waals surface area contributed by atoms with Gasteiger partial charge in [-0.05, 0) is 38.7 Å². The fourth-order valence-electron chi connectivity index (χ4n) is 2.00. The van der Waals surface area contributed by atoms with Gasteiger partial charge in [-0.1, -0.05) is 0 Å². The second kappa shape index (κ2) is 5.02. The topological polar surface area (TPSA) is 42.4 Å². The molecule has 90 valence electrons. The maximum Gasteiger partial charge on any atom is 0.121 e. The smallest absolute Gasteiger partial charge is 0.121 e. The zero-order valence-electron chi connectivity index (χ0n) is 10.3. The molecule has 0 bridgehead atoms. The molecule has 2 rings (SSSR count). The molecular formula is C13H22N2O. The van der Waals surface area contributed by atoms with Gasteiger partial charge in [-0.3, -0.25) is 4.90 Å². The molecular weight excluding hydrogens is 200 g/mol. The normalized spacial score (nSPS) is 16.3. The second-order valence-electron chi connectivity index (χ2n) is 5.04. The first kappa shape index (κ1) is 11.7. The number of nitrogens with zero attached hydrogens (tertiary/aromatic N) is 1. The lowest BCUT2D eigenvalue weighted by Crippen LogP contribution is -2.32. The van der Waals surface area contributed by atoms with Crippen molar-refractivity contribution in [3.63, 3.8) is 0 Å². The Hall–Kier alpha value is -0.800. The average molecular weight is 222 g/mol. The Morgan fingerprint density at radius 3 is 2.81 bits per heavy atom. The zero-order valence-corrected chi connectivity index (χ0v) is 10.3. The summed E-state index contributed by atoms with van der Waals surface area (Å²) in [5.74, 6) is 1.86. The number of furan rings is 1. The molecule has 0 radical (unpaired) electrons. The lowest BCUT2D eigenvalue weighted by molar-refractivity contribution is 0.202. The van der Waals surface area contributed by atoms with Crippen LogP contribution in [0.4, 0.5) is 0 Å². The molecule has 3 nitrogen and oxygen atoms in total. The molecule has 0 spiro atoms. The monoisotopic (exact) mass is 222 g/mol. The van der Waals surface area contributed by atoms with E-state index < -0.39 is 0 Å². The van der Waals surface area contributed by atoms with Crippen molar-refractivity contribution in [3.8, 4) is 0 Å². The maximum atomic E-state index is 5.65.